The summed E-state index contributed by atoms with van der Waals surface area (Å²) in [5, 5.41) is 12.3. The fourth-order valence-corrected chi connectivity index (χ4v) is 3.83. The van der Waals surface area contributed by atoms with E-state index in [4.69, 9.17) is 16.7 Å². The van der Waals surface area contributed by atoms with Crippen LogP contribution in [-0.2, 0) is 9.59 Å². The maximum atomic E-state index is 12.9. The van der Waals surface area contributed by atoms with Gasteiger partial charge in [0.25, 0.3) is 5.91 Å². The summed E-state index contributed by atoms with van der Waals surface area (Å²) in [6, 6.07) is 4.89. The van der Waals surface area contributed by atoms with Crippen LogP contribution in [0.2, 0.25) is 5.02 Å². The average Bonchev–Trinajstić information content (AvgIpc) is 3.30. The molecule has 0 aromatic heterocycles. The molecule has 1 saturated heterocycles. The summed E-state index contributed by atoms with van der Waals surface area (Å²) >= 11 is 6.20. The van der Waals surface area contributed by atoms with Crippen molar-refractivity contribution in [3.63, 3.8) is 0 Å². The molecule has 6 nitrogen and oxygen atoms in total. The number of carboxylic acid groups (broad SMARTS) is 1. The summed E-state index contributed by atoms with van der Waals surface area (Å²) in [5.74, 6) is -1.47. The van der Waals surface area contributed by atoms with E-state index in [2.05, 4.69) is 5.32 Å². The molecule has 26 heavy (non-hydrogen) atoms. The van der Waals surface area contributed by atoms with E-state index >= 15 is 0 Å². The van der Waals surface area contributed by atoms with Gasteiger partial charge in [0.2, 0.25) is 5.91 Å². The largest absolute Gasteiger partial charge is 0.481 e. The number of hydrogen-bond donors (Lipinski definition) is 2. The summed E-state index contributed by atoms with van der Waals surface area (Å²) in [5.41, 5.74) is 0.771. The molecule has 2 aliphatic rings. The molecule has 2 N–H and O–H groups in total. The predicted molar refractivity (Wildman–Crippen MR) is 98.2 cm³/mol. The van der Waals surface area contributed by atoms with E-state index in [1.807, 2.05) is 0 Å². The quantitative estimate of drug-likeness (QED) is 0.841. The number of anilines is 1. The van der Waals surface area contributed by atoms with Crippen LogP contribution in [0.25, 0.3) is 0 Å². The molecule has 0 radical (unpaired) electrons. The standard InChI is InChI=1S/C19H23ClN2O4/c1-11(2)16(23)21-12-3-4-15(20)13(9-12)17(24)22-7-5-19(6-8-22)10-14(19)18(25)26/h3-4,9,11,14H,5-8,10H2,1-2H3,(H,21,23)(H,25,26). The number of hydrogen-bond acceptors (Lipinski definition) is 3. The Kier molecular flexibility index (Phi) is 4.97. The summed E-state index contributed by atoms with van der Waals surface area (Å²) in [7, 11) is 0. The number of nitrogens with one attached hydrogen (secondary N) is 1. The molecule has 2 amide bonds. The first-order chi connectivity index (χ1) is 12.2. The van der Waals surface area contributed by atoms with Gasteiger partial charge in [-0.05, 0) is 42.9 Å². The number of halogens is 1. The van der Waals surface area contributed by atoms with Crippen molar-refractivity contribution in [2.45, 2.75) is 33.1 Å². The molecule has 0 bridgehead atoms. The zero-order valence-corrected chi connectivity index (χ0v) is 15.7. The molecular formula is C19H23ClN2O4. The highest BCUT2D eigenvalue weighted by atomic mass is 35.5. The average molecular weight is 379 g/mol. The third kappa shape index (κ3) is 3.56. The van der Waals surface area contributed by atoms with Crippen LogP contribution in [-0.4, -0.2) is 40.9 Å². The molecule has 3 rings (SSSR count). The summed E-state index contributed by atoms with van der Waals surface area (Å²) < 4.78 is 0. The van der Waals surface area contributed by atoms with Crippen molar-refractivity contribution in [1.82, 2.24) is 4.90 Å². The predicted octanol–water partition coefficient (Wildman–Crippen LogP) is 3.26. The van der Waals surface area contributed by atoms with Crippen LogP contribution < -0.4 is 5.32 Å². The van der Waals surface area contributed by atoms with E-state index in [1.165, 1.54) is 0 Å². The van der Waals surface area contributed by atoms with Gasteiger partial charge in [-0.25, -0.2) is 0 Å². The molecule has 1 aliphatic carbocycles. The van der Waals surface area contributed by atoms with Gasteiger partial charge < -0.3 is 15.3 Å². The van der Waals surface area contributed by atoms with Gasteiger partial charge in [0.05, 0.1) is 16.5 Å². The number of aliphatic carboxylic acids is 1. The van der Waals surface area contributed by atoms with E-state index in [9.17, 15) is 14.4 Å². The van der Waals surface area contributed by atoms with Gasteiger partial charge in [0, 0.05) is 24.7 Å². The van der Waals surface area contributed by atoms with Crippen molar-refractivity contribution in [3.05, 3.63) is 28.8 Å². The molecule has 1 saturated carbocycles. The van der Waals surface area contributed by atoms with Crippen LogP contribution in [0.3, 0.4) is 0 Å². The first-order valence-electron chi connectivity index (χ1n) is 8.86. The minimum absolute atomic E-state index is 0.126. The maximum absolute atomic E-state index is 12.9. The number of amides is 2. The highest BCUT2D eigenvalue weighted by Gasteiger charge is 2.59. The van der Waals surface area contributed by atoms with E-state index in [0.717, 1.165) is 0 Å². The van der Waals surface area contributed by atoms with Crippen LogP contribution in [0.15, 0.2) is 18.2 Å². The molecule has 1 spiro atoms. The molecule has 140 valence electrons. The SMILES string of the molecule is CC(C)C(=O)Nc1ccc(Cl)c(C(=O)N2CCC3(CC2)CC3C(=O)O)c1. The van der Waals surface area contributed by atoms with Crippen molar-refractivity contribution >= 4 is 35.1 Å². The Bertz CT molecular complexity index is 754. The van der Waals surface area contributed by atoms with Gasteiger partial charge in [-0.15, -0.1) is 0 Å². The summed E-state index contributed by atoms with van der Waals surface area (Å²) in [4.78, 5) is 37.6. The Morgan fingerprint density at radius 1 is 1.27 bits per heavy atom. The Hall–Kier alpha value is -2.08. The zero-order chi connectivity index (χ0) is 19.1. The second-order valence-corrected chi connectivity index (χ2v) is 8.00. The number of benzene rings is 1. The van der Waals surface area contributed by atoms with Crippen molar-refractivity contribution in [1.29, 1.82) is 0 Å². The second kappa shape index (κ2) is 6.91. The van der Waals surface area contributed by atoms with Crippen LogP contribution in [0, 0.1) is 17.3 Å². The first-order valence-corrected chi connectivity index (χ1v) is 9.24. The molecule has 2 fully saturated rings. The second-order valence-electron chi connectivity index (χ2n) is 7.59. The lowest BCUT2D eigenvalue weighted by molar-refractivity contribution is -0.139. The van der Waals surface area contributed by atoms with E-state index < -0.39 is 5.97 Å². The topological polar surface area (TPSA) is 86.7 Å². The smallest absolute Gasteiger partial charge is 0.307 e. The number of likely N-dealkylation sites (tertiary alicyclic amines) is 1. The summed E-state index contributed by atoms with van der Waals surface area (Å²) in [6.07, 6.45) is 2.12. The Labute approximate surface area is 157 Å². The fourth-order valence-electron chi connectivity index (χ4n) is 3.63. The Balaban J connectivity index is 1.68. The molecule has 1 atom stereocenters. The number of piperidine rings is 1. The van der Waals surface area contributed by atoms with Gasteiger partial charge in [0.15, 0.2) is 0 Å². The number of carbonyl (C=O) groups is 3. The normalized spacial score (nSPS) is 20.9. The fraction of sp³-hybridized carbons (Fsp3) is 0.526. The van der Waals surface area contributed by atoms with E-state index in [0.29, 0.717) is 48.6 Å². The molecule has 1 unspecified atom stereocenters. The lowest BCUT2D eigenvalue weighted by Gasteiger charge is -2.33. The van der Waals surface area contributed by atoms with Crippen molar-refractivity contribution in [2.24, 2.45) is 17.3 Å². The minimum atomic E-state index is -0.735. The van der Waals surface area contributed by atoms with Gasteiger partial charge >= 0.3 is 5.97 Å². The van der Waals surface area contributed by atoms with Crippen molar-refractivity contribution < 1.29 is 19.5 Å². The zero-order valence-electron chi connectivity index (χ0n) is 14.9. The van der Waals surface area contributed by atoms with Gasteiger partial charge in [-0.1, -0.05) is 25.4 Å². The summed E-state index contributed by atoms with van der Waals surface area (Å²) in [6.45, 7) is 4.65. The van der Waals surface area contributed by atoms with Crippen LogP contribution in [0.4, 0.5) is 5.69 Å². The van der Waals surface area contributed by atoms with E-state index in [1.54, 1.807) is 36.9 Å². The Morgan fingerprint density at radius 3 is 2.46 bits per heavy atom. The van der Waals surface area contributed by atoms with Crippen LogP contribution in [0.1, 0.15) is 43.5 Å². The highest BCUT2D eigenvalue weighted by Crippen LogP contribution is 2.59. The van der Waals surface area contributed by atoms with Gasteiger partial charge in [-0.3, -0.25) is 14.4 Å². The first kappa shape index (κ1) is 18.7. The minimum Gasteiger partial charge on any atom is -0.481 e. The maximum Gasteiger partial charge on any atom is 0.307 e. The molecule has 1 heterocycles. The van der Waals surface area contributed by atoms with Crippen molar-refractivity contribution in [3.8, 4) is 0 Å². The number of rotatable bonds is 4. The molecule has 7 heteroatoms. The lowest BCUT2D eigenvalue weighted by atomic mass is 9.90. The van der Waals surface area contributed by atoms with Crippen LogP contribution >= 0.6 is 11.6 Å². The molecule has 1 aliphatic heterocycles. The highest BCUT2D eigenvalue weighted by molar-refractivity contribution is 6.34. The van der Waals surface area contributed by atoms with E-state index in [-0.39, 0.29) is 29.1 Å². The lowest BCUT2D eigenvalue weighted by Crippen LogP contribution is -2.40. The van der Waals surface area contributed by atoms with Gasteiger partial charge in [-0.2, -0.15) is 0 Å². The third-order valence-corrected chi connectivity index (χ3v) is 5.85. The monoisotopic (exact) mass is 378 g/mol. The number of carboxylic acids is 1. The third-order valence-electron chi connectivity index (χ3n) is 5.52. The number of carbonyl (C=O) groups excluding carboxylic acids is 2. The molecule has 1 aromatic carbocycles. The molecule has 1 aromatic rings. The van der Waals surface area contributed by atoms with Crippen molar-refractivity contribution in [2.75, 3.05) is 18.4 Å². The van der Waals surface area contributed by atoms with Crippen LogP contribution in [0.5, 0.6) is 0 Å². The molecular weight excluding hydrogens is 356 g/mol. The number of nitrogens with zero attached hydrogens (tertiary/aromatic N) is 1. The Morgan fingerprint density at radius 2 is 1.92 bits per heavy atom. The van der Waals surface area contributed by atoms with Gasteiger partial charge in [0.1, 0.15) is 0 Å².